The molecule has 0 aliphatic heterocycles. The van der Waals surface area contributed by atoms with Crippen molar-refractivity contribution < 1.29 is 4.39 Å². The van der Waals surface area contributed by atoms with Crippen molar-refractivity contribution in [3.8, 4) is 0 Å². The molecule has 0 fully saturated rings. The maximum atomic E-state index is 13.3. The zero-order chi connectivity index (χ0) is 13.4. The molecule has 0 bridgehead atoms. The number of hydrogen-bond donors (Lipinski definition) is 1. The van der Waals surface area contributed by atoms with Crippen LogP contribution in [0.15, 0.2) is 42.9 Å². The lowest BCUT2D eigenvalue weighted by Crippen LogP contribution is -2.14. The van der Waals surface area contributed by atoms with Crippen LogP contribution in [0.25, 0.3) is 5.65 Å². The Balaban J connectivity index is 2.15. The van der Waals surface area contributed by atoms with Gasteiger partial charge in [0.15, 0.2) is 11.5 Å². The minimum atomic E-state index is -0.299. The third kappa shape index (κ3) is 1.97. The molecule has 2 heterocycles. The monoisotopic (exact) mass is 257 g/mol. The van der Waals surface area contributed by atoms with Gasteiger partial charge in [0.1, 0.15) is 11.6 Å². The number of halogens is 1. The Morgan fingerprint density at radius 2 is 2.21 bits per heavy atom. The normalized spacial score (nSPS) is 10.8. The highest BCUT2D eigenvalue weighted by atomic mass is 19.1. The molecule has 2 aromatic heterocycles. The number of hydrogen-bond acceptors (Lipinski definition) is 4. The maximum absolute atomic E-state index is 13.3. The Bertz CT molecular complexity index is 737. The van der Waals surface area contributed by atoms with Crippen molar-refractivity contribution in [3.63, 3.8) is 0 Å². The standard InChI is InChI=1S/C13H12FN5/c1-18(10-4-2-3-9(14)7-10)13-12-16-5-6-19(12)8-11(15)17-13/h2-8H,15H2,1H3. The van der Waals surface area contributed by atoms with E-state index in [0.717, 1.165) is 0 Å². The van der Waals surface area contributed by atoms with E-state index in [4.69, 9.17) is 5.73 Å². The molecule has 0 radical (unpaired) electrons. The second-order valence-electron chi connectivity index (χ2n) is 4.19. The van der Waals surface area contributed by atoms with Crippen LogP contribution in [0.5, 0.6) is 0 Å². The summed E-state index contributed by atoms with van der Waals surface area (Å²) in [6, 6.07) is 6.28. The molecule has 5 nitrogen and oxygen atoms in total. The first-order valence-electron chi connectivity index (χ1n) is 5.73. The Morgan fingerprint density at radius 3 is 3.00 bits per heavy atom. The molecule has 3 aromatic rings. The average molecular weight is 257 g/mol. The lowest BCUT2D eigenvalue weighted by molar-refractivity contribution is 0.628. The van der Waals surface area contributed by atoms with Gasteiger partial charge in [-0.3, -0.25) is 0 Å². The predicted octanol–water partition coefficient (Wildman–Crippen LogP) is 2.22. The number of nitrogens with two attached hydrogens (primary N) is 1. The molecule has 0 amide bonds. The number of anilines is 3. The zero-order valence-electron chi connectivity index (χ0n) is 10.3. The van der Waals surface area contributed by atoms with Crippen LogP contribution in [-0.4, -0.2) is 21.4 Å². The first-order valence-corrected chi connectivity index (χ1v) is 5.73. The number of fused-ring (bicyclic) bond motifs is 1. The van der Waals surface area contributed by atoms with Gasteiger partial charge in [-0.25, -0.2) is 14.4 Å². The van der Waals surface area contributed by atoms with E-state index >= 15 is 0 Å². The molecule has 0 unspecified atom stereocenters. The van der Waals surface area contributed by atoms with Crippen molar-refractivity contribution in [1.82, 2.24) is 14.4 Å². The summed E-state index contributed by atoms with van der Waals surface area (Å²) in [6.45, 7) is 0. The zero-order valence-corrected chi connectivity index (χ0v) is 10.3. The highest BCUT2D eigenvalue weighted by Crippen LogP contribution is 2.26. The number of aromatic nitrogens is 3. The molecule has 0 aliphatic carbocycles. The number of benzene rings is 1. The fraction of sp³-hybridized carbons (Fsp3) is 0.0769. The van der Waals surface area contributed by atoms with E-state index in [2.05, 4.69) is 9.97 Å². The van der Waals surface area contributed by atoms with Gasteiger partial charge in [0.2, 0.25) is 0 Å². The largest absolute Gasteiger partial charge is 0.382 e. The lowest BCUT2D eigenvalue weighted by Gasteiger charge is -2.19. The summed E-state index contributed by atoms with van der Waals surface area (Å²) in [5.74, 6) is 0.659. The fourth-order valence-electron chi connectivity index (χ4n) is 1.97. The molecule has 0 saturated heterocycles. The lowest BCUT2D eigenvalue weighted by atomic mass is 10.3. The van der Waals surface area contributed by atoms with Crippen molar-refractivity contribution in [2.75, 3.05) is 17.7 Å². The Morgan fingerprint density at radius 1 is 1.37 bits per heavy atom. The van der Waals surface area contributed by atoms with Crippen LogP contribution < -0.4 is 10.6 Å². The predicted molar refractivity (Wildman–Crippen MR) is 71.9 cm³/mol. The van der Waals surface area contributed by atoms with Crippen LogP contribution in [-0.2, 0) is 0 Å². The van der Waals surface area contributed by atoms with Crippen molar-refractivity contribution >= 4 is 23.0 Å². The molecule has 0 atom stereocenters. The Labute approximate surface area is 109 Å². The van der Waals surface area contributed by atoms with Crippen LogP contribution in [0.1, 0.15) is 0 Å². The van der Waals surface area contributed by atoms with E-state index in [1.54, 1.807) is 47.1 Å². The van der Waals surface area contributed by atoms with Gasteiger partial charge in [-0.15, -0.1) is 0 Å². The van der Waals surface area contributed by atoms with Crippen LogP contribution in [0, 0.1) is 5.82 Å². The second-order valence-corrected chi connectivity index (χ2v) is 4.19. The van der Waals surface area contributed by atoms with Crippen LogP contribution in [0.4, 0.5) is 21.7 Å². The van der Waals surface area contributed by atoms with E-state index in [1.165, 1.54) is 12.1 Å². The third-order valence-electron chi connectivity index (χ3n) is 2.89. The minimum Gasteiger partial charge on any atom is -0.382 e. The quantitative estimate of drug-likeness (QED) is 0.764. The maximum Gasteiger partial charge on any atom is 0.180 e. The molecule has 96 valence electrons. The minimum absolute atomic E-state index is 0.299. The van der Waals surface area contributed by atoms with E-state index < -0.39 is 0 Å². The number of imidazole rings is 1. The molecule has 2 N–H and O–H groups in total. The summed E-state index contributed by atoms with van der Waals surface area (Å²) >= 11 is 0. The van der Waals surface area contributed by atoms with Crippen LogP contribution in [0.3, 0.4) is 0 Å². The van der Waals surface area contributed by atoms with Crippen LogP contribution in [0.2, 0.25) is 0 Å². The third-order valence-corrected chi connectivity index (χ3v) is 2.89. The highest BCUT2D eigenvalue weighted by Gasteiger charge is 2.13. The summed E-state index contributed by atoms with van der Waals surface area (Å²) in [4.78, 5) is 10.3. The number of nitrogens with zero attached hydrogens (tertiary/aromatic N) is 4. The van der Waals surface area contributed by atoms with Crippen LogP contribution >= 0.6 is 0 Å². The van der Waals surface area contributed by atoms with Gasteiger partial charge in [0.05, 0.1) is 6.20 Å². The fourth-order valence-corrected chi connectivity index (χ4v) is 1.97. The van der Waals surface area contributed by atoms with Crippen molar-refractivity contribution in [1.29, 1.82) is 0 Å². The molecule has 0 spiro atoms. The molecular weight excluding hydrogens is 245 g/mol. The average Bonchev–Trinajstić information content (AvgIpc) is 2.85. The smallest absolute Gasteiger partial charge is 0.180 e. The van der Waals surface area contributed by atoms with Gasteiger partial charge in [-0.05, 0) is 18.2 Å². The van der Waals surface area contributed by atoms with Crippen molar-refractivity contribution in [2.24, 2.45) is 0 Å². The topological polar surface area (TPSA) is 59.5 Å². The van der Waals surface area contributed by atoms with E-state index in [0.29, 0.717) is 23.0 Å². The van der Waals surface area contributed by atoms with Crippen molar-refractivity contribution in [2.45, 2.75) is 0 Å². The number of nitrogen functional groups attached to an aromatic ring is 1. The van der Waals surface area contributed by atoms with E-state index in [9.17, 15) is 4.39 Å². The molecule has 6 heteroatoms. The summed E-state index contributed by atoms with van der Waals surface area (Å²) in [5, 5.41) is 0. The van der Waals surface area contributed by atoms with Gasteiger partial charge >= 0.3 is 0 Å². The molecule has 0 saturated carbocycles. The summed E-state index contributed by atoms with van der Waals surface area (Å²) in [5.41, 5.74) is 7.12. The second kappa shape index (κ2) is 4.24. The van der Waals surface area contributed by atoms with Gasteiger partial charge in [-0.2, -0.15) is 0 Å². The summed E-state index contributed by atoms with van der Waals surface area (Å²) < 4.78 is 15.1. The summed E-state index contributed by atoms with van der Waals surface area (Å²) in [7, 11) is 1.80. The highest BCUT2D eigenvalue weighted by molar-refractivity contribution is 5.73. The van der Waals surface area contributed by atoms with E-state index in [-0.39, 0.29) is 5.82 Å². The van der Waals surface area contributed by atoms with Gasteiger partial charge in [0, 0.05) is 25.1 Å². The molecule has 3 rings (SSSR count). The van der Waals surface area contributed by atoms with E-state index in [1.807, 2.05) is 0 Å². The molecule has 1 aromatic carbocycles. The Kier molecular flexibility index (Phi) is 2.56. The van der Waals surface area contributed by atoms with Crippen molar-refractivity contribution in [3.05, 3.63) is 48.7 Å². The van der Waals surface area contributed by atoms with Gasteiger partial charge < -0.3 is 15.0 Å². The first-order chi connectivity index (χ1) is 9.15. The molecule has 19 heavy (non-hydrogen) atoms. The Hall–Kier alpha value is -2.63. The van der Waals surface area contributed by atoms with Gasteiger partial charge in [-0.1, -0.05) is 6.07 Å². The summed E-state index contributed by atoms with van der Waals surface area (Å²) in [6.07, 6.45) is 5.14. The molecule has 0 aliphatic rings. The number of rotatable bonds is 2. The SMILES string of the molecule is CN(c1cccc(F)c1)c1nc(N)cn2ccnc12. The van der Waals surface area contributed by atoms with Gasteiger partial charge in [0.25, 0.3) is 0 Å². The first kappa shape index (κ1) is 11.5. The molecular formula is C13H12FN5.